The molecule has 4 heterocycles. The zero-order chi connectivity index (χ0) is 22.4. The molecule has 2 aromatic heterocycles. The van der Waals surface area contributed by atoms with Crippen LogP contribution in [0.4, 0.5) is 5.69 Å². The van der Waals surface area contributed by atoms with Gasteiger partial charge in [-0.1, -0.05) is 41.9 Å². The van der Waals surface area contributed by atoms with Crippen molar-refractivity contribution in [1.29, 1.82) is 0 Å². The predicted molar refractivity (Wildman–Crippen MR) is 132 cm³/mol. The Bertz CT molecular complexity index is 1340. The summed E-state index contributed by atoms with van der Waals surface area (Å²) in [5, 5.41) is 5.17. The number of hydrogen-bond acceptors (Lipinski definition) is 3. The zero-order valence-electron chi connectivity index (χ0n) is 18.3. The quantitative estimate of drug-likeness (QED) is 0.453. The lowest BCUT2D eigenvalue weighted by Gasteiger charge is -2.39. The van der Waals surface area contributed by atoms with Gasteiger partial charge < -0.3 is 14.8 Å². The Morgan fingerprint density at radius 2 is 1.88 bits per heavy atom. The molecular weight excluding hydrogens is 432 g/mol. The summed E-state index contributed by atoms with van der Waals surface area (Å²) in [6.45, 7) is 3.07. The summed E-state index contributed by atoms with van der Waals surface area (Å²) >= 11 is 6.31. The SMILES string of the molecule is O=C(c1cn(Cc2ccccn2)c2cc(Cl)ccc12)N1CCC2(CC1)CNc1ccccc12. The first-order valence-corrected chi connectivity index (χ1v) is 11.8. The topological polar surface area (TPSA) is 50.2 Å². The number of fused-ring (bicyclic) bond motifs is 3. The molecule has 1 spiro atoms. The van der Waals surface area contributed by atoms with Crippen LogP contribution in [-0.4, -0.2) is 40.0 Å². The molecule has 4 aromatic rings. The van der Waals surface area contributed by atoms with Crippen molar-refractivity contribution in [3.05, 3.63) is 94.9 Å². The van der Waals surface area contributed by atoms with Crippen molar-refractivity contribution in [3.63, 3.8) is 0 Å². The number of nitrogens with one attached hydrogen (secondary N) is 1. The van der Waals surface area contributed by atoms with Crippen molar-refractivity contribution >= 4 is 34.1 Å². The highest BCUT2D eigenvalue weighted by molar-refractivity contribution is 6.31. The molecule has 0 radical (unpaired) electrons. The Morgan fingerprint density at radius 3 is 2.70 bits per heavy atom. The van der Waals surface area contributed by atoms with E-state index in [1.807, 2.05) is 47.5 Å². The molecule has 6 heteroatoms. The third-order valence-electron chi connectivity index (χ3n) is 7.26. The first kappa shape index (κ1) is 20.3. The van der Waals surface area contributed by atoms with Crippen LogP contribution < -0.4 is 5.32 Å². The smallest absolute Gasteiger partial charge is 0.256 e. The molecule has 1 fully saturated rings. The average molecular weight is 457 g/mol. The maximum absolute atomic E-state index is 13.7. The Morgan fingerprint density at radius 1 is 1.06 bits per heavy atom. The van der Waals surface area contributed by atoms with Gasteiger partial charge in [0.25, 0.3) is 5.91 Å². The predicted octanol–water partition coefficient (Wildman–Crippen LogP) is 5.34. The van der Waals surface area contributed by atoms with Crippen LogP contribution >= 0.6 is 11.6 Å². The number of anilines is 1. The van der Waals surface area contributed by atoms with Gasteiger partial charge in [0.1, 0.15) is 0 Å². The minimum absolute atomic E-state index is 0.0937. The number of benzene rings is 2. The van der Waals surface area contributed by atoms with Crippen molar-refractivity contribution in [3.8, 4) is 0 Å². The molecule has 1 N–H and O–H groups in total. The Balaban J connectivity index is 1.28. The standard InChI is InChI=1S/C27H25ClN4O/c28-19-8-9-21-22(17-32(25(21)15-19)16-20-5-3-4-12-29-20)26(33)31-13-10-27(11-14-31)18-30-24-7-2-1-6-23(24)27/h1-9,12,15,17,30H,10-11,13-14,16,18H2. The fraction of sp³-hybridized carbons (Fsp3) is 0.259. The van der Waals surface area contributed by atoms with Gasteiger partial charge in [0.15, 0.2) is 0 Å². The molecule has 6 rings (SSSR count). The maximum Gasteiger partial charge on any atom is 0.256 e. The number of rotatable bonds is 3. The Hall–Kier alpha value is -3.31. The summed E-state index contributed by atoms with van der Waals surface area (Å²) in [6, 6.07) is 20.2. The summed E-state index contributed by atoms with van der Waals surface area (Å²) < 4.78 is 2.08. The van der Waals surface area contributed by atoms with Crippen molar-refractivity contribution in [2.75, 3.05) is 25.0 Å². The molecule has 33 heavy (non-hydrogen) atoms. The van der Waals surface area contributed by atoms with E-state index in [2.05, 4.69) is 39.1 Å². The van der Waals surface area contributed by atoms with Gasteiger partial charge in [-0.05, 0) is 48.7 Å². The van der Waals surface area contributed by atoms with Crippen molar-refractivity contribution in [2.24, 2.45) is 0 Å². The number of amides is 1. The second kappa shape index (κ2) is 7.92. The highest BCUT2D eigenvalue weighted by atomic mass is 35.5. The molecule has 0 unspecified atom stereocenters. The monoisotopic (exact) mass is 456 g/mol. The van der Waals surface area contributed by atoms with E-state index in [-0.39, 0.29) is 11.3 Å². The molecular formula is C27H25ClN4O. The molecule has 166 valence electrons. The Kier molecular flexibility index (Phi) is 4.88. The van der Waals surface area contributed by atoms with Crippen LogP contribution in [0.15, 0.2) is 73.1 Å². The van der Waals surface area contributed by atoms with Gasteiger partial charge in [-0.15, -0.1) is 0 Å². The Labute approximate surface area is 198 Å². The van der Waals surface area contributed by atoms with E-state index >= 15 is 0 Å². The largest absolute Gasteiger partial charge is 0.384 e. The summed E-state index contributed by atoms with van der Waals surface area (Å²) in [5.41, 5.74) is 5.41. The number of halogens is 1. The normalized spacial score (nSPS) is 16.7. The molecule has 1 saturated heterocycles. The number of aromatic nitrogens is 2. The van der Waals surface area contributed by atoms with Gasteiger partial charge in [0.05, 0.1) is 23.3 Å². The molecule has 2 aliphatic rings. The average Bonchev–Trinajstić information content (AvgIpc) is 3.38. The molecule has 0 saturated carbocycles. The van der Waals surface area contributed by atoms with E-state index in [1.165, 1.54) is 11.3 Å². The highest BCUT2D eigenvalue weighted by Gasteiger charge is 2.42. The first-order valence-electron chi connectivity index (χ1n) is 11.4. The fourth-order valence-electron chi connectivity index (χ4n) is 5.45. The number of likely N-dealkylation sites (tertiary alicyclic amines) is 1. The van der Waals surface area contributed by atoms with Gasteiger partial charge >= 0.3 is 0 Å². The first-order chi connectivity index (χ1) is 16.1. The third kappa shape index (κ3) is 3.47. The number of nitrogens with zero attached hydrogens (tertiary/aromatic N) is 3. The van der Waals surface area contributed by atoms with Gasteiger partial charge in [-0.2, -0.15) is 0 Å². The van der Waals surface area contributed by atoms with Gasteiger partial charge in [-0.25, -0.2) is 0 Å². The van der Waals surface area contributed by atoms with E-state index < -0.39 is 0 Å². The van der Waals surface area contributed by atoms with Crippen molar-refractivity contribution in [2.45, 2.75) is 24.8 Å². The number of pyridine rings is 1. The van der Waals surface area contributed by atoms with E-state index in [9.17, 15) is 4.79 Å². The summed E-state index contributed by atoms with van der Waals surface area (Å²) in [4.78, 5) is 20.1. The number of carbonyl (C=O) groups is 1. The third-order valence-corrected chi connectivity index (χ3v) is 7.49. The lowest BCUT2D eigenvalue weighted by atomic mass is 9.74. The molecule has 0 atom stereocenters. The number of carbonyl (C=O) groups excluding carboxylic acids is 1. The number of para-hydroxylation sites is 1. The van der Waals surface area contributed by atoms with Crippen molar-refractivity contribution < 1.29 is 4.79 Å². The summed E-state index contributed by atoms with van der Waals surface area (Å²) in [6.07, 6.45) is 5.71. The van der Waals surface area contributed by atoms with Gasteiger partial charge in [0.2, 0.25) is 0 Å². The van der Waals surface area contributed by atoms with Gasteiger partial charge in [0, 0.05) is 53.5 Å². The summed E-state index contributed by atoms with van der Waals surface area (Å²) in [7, 11) is 0. The second-order valence-electron chi connectivity index (χ2n) is 9.12. The molecule has 0 bridgehead atoms. The van der Waals surface area contributed by atoms with Crippen LogP contribution in [0, 0.1) is 0 Å². The van der Waals surface area contributed by atoms with Crippen LogP contribution in [0.3, 0.4) is 0 Å². The van der Waals surface area contributed by atoms with E-state index in [0.717, 1.165) is 54.6 Å². The fourth-order valence-corrected chi connectivity index (χ4v) is 5.61. The molecule has 0 aliphatic carbocycles. The van der Waals surface area contributed by atoms with Crippen LogP contribution in [0.1, 0.15) is 34.5 Å². The molecule has 2 aliphatic heterocycles. The molecule has 5 nitrogen and oxygen atoms in total. The minimum atomic E-state index is 0.0937. The number of piperidine rings is 1. The second-order valence-corrected chi connectivity index (χ2v) is 9.56. The highest BCUT2D eigenvalue weighted by Crippen LogP contribution is 2.44. The zero-order valence-corrected chi connectivity index (χ0v) is 19.1. The van der Waals surface area contributed by atoms with Crippen LogP contribution in [0.2, 0.25) is 5.02 Å². The van der Waals surface area contributed by atoms with Crippen LogP contribution in [0.25, 0.3) is 10.9 Å². The van der Waals surface area contributed by atoms with E-state index in [0.29, 0.717) is 11.6 Å². The number of hydrogen-bond donors (Lipinski definition) is 1. The minimum Gasteiger partial charge on any atom is -0.384 e. The van der Waals surface area contributed by atoms with Gasteiger partial charge in [-0.3, -0.25) is 9.78 Å². The summed E-state index contributed by atoms with van der Waals surface area (Å²) in [5.74, 6) is 0.0937. The van der Waals surface area contributed by atoms with Crippen LogP contribution in [-0.2, 0) is 12.0 Å². The lowest BCUT2D eigenvalue weighted by molar-refractivity contribution is 0.0678. The molecule has 1 amide bonds. The molecule has 2 aromatic carbocycles. The van der Waals surface area contributed by atoms with E-state index in [4.69, 9.17) is 11.6 Å². The maximum atomic E-state index is 13.7. The van der Waals surface area contributed by atoms with Crippen molar-refractivity contribution in [1.82, 2.24) is 14.5 Å². The van der Waals surface area contributed by atoms with E-state index in [1.54, 1.807) is 6.20 Å². The lowest BCUT2D eigenvalue weighted by Crippen LogP contribution is -2.46. The van der Waals surface area contributed by atoms with Crippen LogP contribution in [0.5, 0.6) is 0 Å².